The van der Waals surface area contributed by atoms with Crippen molar-refractivity contribution in [1.82, 2.24) is 15.1 Å². The van der Waals surface area contributed by atoms with Gasteiger partial charge in [0.05, 0.1) is 18.2 Å². The minimum Gasteiger partial charge on any atom is -0.490 e. The van der Waals surface area contributed by atoms with Crippen molar-refractivity contribution in [2.24, 2.45) is 7.05 Å². The van der Waals surface area contributed by atoms with E-state index in [-0.39, 0.29) is 17.7 Å². The van der Waals surface area contributed by atoms with E-state index in [0.717, 1.165) is 12.0 Å². The lowest BCUT2D eigenvalue weighted by Crippen LogP contribution is -2.28. The quantitative estimate of drug-likeness (QED) is 0.767. The van der Waals surface area contributed by atoms with Gasteiger partial charge in [-0.25, -0.2) is 4.39 Å². The number of nitrogens with zero attached hydrogens (tertiary/aromatic N) is 2. The van der Waals surface area contributed by atoms with Gasteiger partial charge in [-0.3, -0.25) is 9.48 Å². The molecule has 0 spiro atoms. The molecule has 2 heterocycles. The number of aryl methyl sites for hydroxylation is 1. The Bertz CT molecular complexity index is 969. The van der Waals surface area contributed by atoms with E-state index >= 15 is 0 Å². The monoisotopic (exact) mass is 365 g/mol. The van der Waals surface area contributed by atoms with Crippen molar-refractivity contribution in [2.75, 3.05) is 6.61 Å². The van der Waals surface area contributed by atoms with Gasteiger partial charge in [-0.1, -0.05) is 42.5 Å². The molecule has 1 aliphatic rings. The van der Waals surface area contributed by atoms with Crippen LogP contribution in [0, 0.1) is 5.82 Å². The summed E-state index contributed by atoms with van der Waals surface area (Å²) in [6, 6.07) is 14.1. The van der Waals surface area contributed by atoms with Gasteiger partial charge in [-0.15, -0.1) is 0 Å². The van der Waals surface area contributed by atoms with E-state index in [4.69, 9.17) is 4.74 Å². The van der Waals surface area contributed by atoms with Crippen LogP contribution in [0.2, 0.25) is 0 Å². The van der Waals surface area contributed by atoms with Crippen molar-refractivity contribution in [3.8, 4) is 17.0 Å². The first-order chi connectivity index (χ1) is 13.1. The van der Waals surface area contributed by atoms with E-state index in [0.29, 0.717) is 29.8 Å². The second kappa shape index (κ2) is 7.23. The Morgan fingerprint density at radius 3 is 2.85 bits per heavy atom. The summed E-state index contributed by atoms with van der Waals surface area (Å²) in [7, 11) is 1.79. The maximum atomic E-state index is 14.1. The first-order valence-electron chi connectivity index (χ1n) is 8.94. The molecule has 0 saturated carbocycles. The highest BCUT2D eigenvalue weighted by atomic mass is 19.1. The normalized spacial score (nSPS) is 16.1. The molecule has 2 aromatic carbocycles. The largest absolute Gasteiger partial charge is 0.490 e. The predicted molar refractivity (Wildman–Crippen MR) is 100.0 cm³/mol. The number of hydrogen-bond donors (Lipinski definition) is 1. The molecular formula is C21H20FN3O2. The highest BCUT2D eigenvalue weighted by Gasteiger charge is 2.26. The molecular weight excluding hydrogens is 345 g/mol. The van der Waals surface area contributed by atoms with Gasteiger partial charge < -0.3 is 10.1 Å². The number of hydrogen-bond acceptors (Lipinski definition) is 3. The number of fused-ring (bicyclic) bond motifs is 1. The number of para-hydroxylation sites is 1. The lowest BCUT2D eigenvalue weighted by atomic mass is 10.0. The molecule has 1 N–H and O–H groups in total. The zero-order valence-electron chi connectivity index (χ0n) is 15.0. The average molecular weight is 365 g/mol. The summed E-state index contributed by atoms with van der Waals surface area (Å²) in [5.74, 6) is -0.404. The molecule has 3 aromatic rings. The van der Waals surface area contributed by atoms with Crippen LogP contribution < -0.4 is 10.1 Å². The molecule has 27 heavy (non-hydrogen) atoms. The van der Waals surface area contributed by atoms with E-state index in [2.05, 4.69) is 10.4 Å². The van der Waals surface area contributed by atoms with E-state index < -0.39 is 5.82 Å². The molecule has 0 fully saturated rings. The standard InChI is InChI=1S/C21H20FN3O2/c1-25-13-16(19(24-25)14-7-3-2-4-8-14)21(26)23-18-11-6-12-27-20-15(18)9-5-10-17(20)22/h2-5,7-10,13,18H,6,11-12H2,1H3,(H,23,26). The van der Waals surface area contributed by atoms with E-state index in [1.807, 2.05) is 30.3 Å². The lowest BCUT2D eigenvalue weighted by molar-refractivity contribution is 0.0935. The molecule has 6 heteroatoms. The molecule has 0 radical (unpaired) electrons. The SMILES string of the molecule is Cn1cc(C(=O)NC2CCCOc3c(F)cccc32)c(-c2ccccc2)n1. The van der Waals surface area contributed by atoms with Crippen LogP contribution in [0.4, 0.5) is 4.39 Å². The number of rotatable bonds is 3. The molecule has 0 bridgehead atoms. The third kappa shape index (κ3) is 3.43. The lowest BCUT2D eigenvalue weighted by Gasteiger charge is -2.18. The van der Waals surface area contributed by atoms with Gasteiger partial charge in [0.2, 0.25) is 0 Å². The number of amides is 1. The van der Waals surface area contributed by atoms with Gasteiger partial charge in [-0.05, 0) is 18.9 Å². The molecule has 1 amide bonds. The van der Waals surface area contributed by atoms with Crippen molar-refractivity contribution < 1.29 is 13.9 Å². The summed E-state index contributed by atoms with van der Waals surface area (Å²) in [5, 5.41) is 7.49. The third-order valence-corrected chi connectivity index (χ3v) is 4.68. The number of carbonyl (C=O) groups excluding carboxylic acids is 1. The van der Waals surface area contributed by atoms with Gasteiger partial charge in [-0.2, -0.15) is 5.10 Å². The Labute approximate surface area is 156 Å². The summed E-state index contributed by atoms with van der Waals surface area (Å²) in [6.45, 7) is 0.433. The fraction of sp³-hybridized carbons (Fsp3) is 0.238. The molecule has 1 aromatic heterocycles. The highest BCUT2D eigenvalue weighted by Crippen LogP contribution is 2.34. The van der Waals surface area contributed by atoms with Gasteiger partial charge in [0.25, 0.3) is 5.91 Å². The molecule has 1 atom stereocenters. The van der Waals surface area contributed by atoms with Crippen LogP contribution in [0.1, 0.15) is 34.8 Å². The van der Waals surface area contributed by atoms with Crippen molar-refractivity contribution in [2.45, 2.75) is 18.9 Å². The van der Waals surface area contributed by atoms with Crippen LogP contribution in [-0.2, 0) is 7.05 Å². The van der Waals surface area contributed by atoms with Gasteiger partial charge in [0.1, 0.15) is 5.69 Å². The molecule has 5 nitrogen and oxygen atoms in total. The predicted octanol–water partition coefficient (Wildman–Crippen LogP) is 3.87. The van der Waals surface area contributed by atoms with Crippen LogP contribution in [0.3, 0.4) is 0 Å². The van der Waals surface area contributed by atoms with E-state index in [9.17, 15) is 9.18 Å². The van der Waals surface area contributed by atoms with Crippen LogP contribution in [0.25, 0.3) is 11.3 Å². The molecule has 1 unspecified atom stereocenters. The number of aromatic nitrogens is 2. The van der Waals surface area contributed by atoms with Gasteiger partial charge in [0.15, 0.2) is 11.6 Å². The smallest absolute Gasteiger partial charge is 0.255 e. The summed E-state index contributed by atoms with van der Waals surface area (Å²) in [4.78, 5) is 13.0. The molecule has 138 valence electrons. The van der Waals surface area contributed by atoms with E-state index in [1.54, 1.807) is 30.1 Å². The number of benzene rings is 2. The van der Waals surface area contributed by atoms with Gasteiger partial charge >= 0.3 is 0 Å². The van der Waals surface area contributed by atoms with Crippen LogP contribution in [0.5, 0.6) is 5.75 Å². The number of halogens is 1. The Morgan fingerprint density at radius 1 is 1.22 bits per heavy atom. The number of ether oxygens (including phenoxy) is 1. The first-order valence-corrected chi connectivity index (χ1v) is 8.94. The maximum absolute atomic E-state index is 14.1. The molecule has 0 saturated heterocycles. The second-order valence-electron chi connectivity index (χ2n) is 6.61. The topological polar surface area (TPSA) is 56.2 Å². The zero-order chi connectivity index (χ0) is 18.8. The minimum absolute atomic E-state index is 0.231. The van der Waals surface area contributed by atoms with Crippen LogP contribution in [-0.4, -0.2) is 22.3 Å². The van der Waals surface area contributed by atoms with Crippen molar-refractivity contribution in [3.05, 3.63) is 71.7 Å². The van der Waals surface area contributed by atoms with Crippen LogP contribution in [0.15, 0.2) is 54.7 Å². The highest BCUT2D eigenvalue weighted by molar-refractivity contribution is 6.00. The first kappa shape index (κ1) is 17.3. The fourth-order valence-corrected chi connectivity index (χ4v) is 3.42. The Balaban J connectivity index is 1.65. The Morgan fingerprint density at radius 2 is 2.04 bits per heavy atom. The molecule has 4 rings (SSSR count). The Kier molecular flexibility index (Phi) is 4.62. The summed E-state index contributed by atoms with van der Waals surface area (Å²) in [6.07, 6.45) is 3.12. The second-order valence-corrected chi connectivity index (χ2v) is 6.61. The number of carbonyl (C=O) groups is 1. The van der Waals surface area contributed by atoms with Crippen molar-refractivity contribution in [1.29, 1.82) is 0 Å². The van der Waals surface area contributed by atoms with Crippen molar-refractivity contribution in [3.63, 3.8) is 0 Å². The zero-order valence-corrected chi connectivity index (χ0v) is 15.0. The fourth-order valence-electron chi connectivity index (χ4n) is 3.42. The number of nitrogens with one attached hydrogen (secondary N) is 1. The van der Waals surface area contributed by atoms with E-state index in [1.165, 1.54) is 6.07 Å². The minimum atomic E-state index is -0.403. The Hall–Kier alpha value is -3.15. The van der Waals surface area contributed by atoms with Crippen LogP contribution >= 0.6 is 0 Å². The summed E-state index contributed by atoms with van der Waals surface area (Å²) in [5.41, 5.74) is 2.66. The molecule has 0 aliphatic carbocycles. The van der Waals surface area contributed by atoms with Gasteiger partial charge in [0, 0.05) is 24.4 Å². The summed E-state index contributed by atoms with van der Waals surface area (Å²) < 4.78 is 21.3. The molecule has 1 aliphatic heterocycles. The van der Waals surface area contributed by atoms with Crippen molar-refractivity contribution >= 4 is 5.91 Å². The summed E-state index contributed by atoms with van der Waals surface area (Å²) >= 11 is 0. The third-order valence-electron chi connectivity index (χ3n) is 4.68. The average Bonchev–Trinajstić information content (AvgIpc) is 2.95. The maximum Gasteiger partial charge on any atom is 0.255 e.